The van der Waals surface area contributed by atoms with E-state index in [9.17, 15) is 13.2 Å². The lowest BCUT2D eigenvalue weighted by molar-refractivity contribution is -0.107. The first-order valence-corrected chi connectivity index (χ1v) is 6.64. The second-order valence-corrected chi connectivity index (χ2v) is 5.65. The van der Waals surface area contributed by atoms with Crippen LogP contribution in [0.15, 0.2) is 23.1 Å². The summed E-state index contributed by atoms with van der Waals surface area (Å²) in [6, 6.07) is 4.68. The summed E-state index contributed by atoms with van der Waals surface area (Å²) >= 11 is 5.72. The second kappa shape index (κ2) is 4.77. The highest BCUT2D eigenvalue weighted by atomic mass is 35.5. The van der Waals surface area contributed by atoms with Gasteiger partial charge in [0.05, 0.1) is 4.90 Å². The van der Waals surface area contributed by atoms with Gasteiger partial charge in [-0.05, 0) is 24.1 Å². The van der Waals surface area contributed by atoms with E-state index in [1.54, 1.807) is 12.1 Å². The van der Waals surface area contributed by atoms with E-state index in [1.807, 2.05) is 0 Å². The number of carbonyl (C=O) groups is 1. The van der Waals surface area contributed by atoms with Gasteiger partial charge in [-0.3, -0.25) is 0 Å². The summed E-state index contributed by atoms with van der Waals surface area (Å²) in [5.74, 6) is 0. The number of aryl methyl sites for hydroxylation is 1. The summed E-state index contributed by atoms with van der Waals surface area (Å²) in [6.07, 6.45) is 2.62. The Kier molecular flexibility index (Phi) is 3.88. The van der Waals surface area contributed by atoms with Crippen LogP contribution in [-0.2, 0) is 21.1 Å². The molecule has 0 bridgehead atoms. The van der Waals surface area contributed by atoms with Crippen LogP contribution in [-0.4, -0.2) is 21.0 Å². The average Bonchev–Trinajstić information content (AvgIpc) is 2.14. The molecule has 0 aliphatic heterocycles. The maximum Gasteiger partial charge on any atom is 0.175 e. The zero-order valence-electron chi connectivity index (χ0n) is 8.23. The van der Waals surface area contributed by atoms with E-state index in [2.05, 4.69) is 0 Å². The summed E-state index contributed by atoms with van der Waals surface area (Å²) in [4.78, 5) is 10.4. The van der Waals surface area contributed by atoms with Crippen molar-refractivity contribution < 1.29 is 13.2 Å². The maximum atomic E-state index is 11.4. The molecule has 3 nitrogen and oxygen atoms in total. The fourth-order valence-corrected chi connectivity index (χ4v) is 2.52. The predicted octanol–water partition coefficient (Wildman–Crippen LogP) is 1.88. The molecule has 0 amide bonds. The van der Waals surface area contributed by atoms with E-state index < -0.39 is 9.84 Å². The number of halogens is 1. The molecular weight excluding hydrogens is 236 g/mol. The smallest absolute Gasteiger partial charge is 0.175 e. The van der Waals surface area contributed by atoms with Crippen molar-refractivity contribution in [2.45, 2.75) is 17.7 Å². The van der Waals surface area contributed by atoms with Gasteiger partial charge in [-0.25, -0.2) is 8.42 Å². The lowest BCUT2D eigenvalue weighted by atomic mass is 10.1. The van der Waals surface area contributed by atoms with Gasteiger partial charge in [0, 0.05) is 17.7 Å². The van der Waals surface area contributed by atoms with Crippen molar-refractivity contribution in [2.75, 3.05) is 6.26 Å². The zero-order chi connectivity index (χ0) is 11.5. The summed E-state index contributed by atoms with van der Waals surface area (Å²) in [5.41, 5.74) is 0.633. The molecule has 0 aromatic heterocycles. The van der Waals surface area contributed by atoms with Gasteiger partial charge in [0.2, 0.25) is 0 Å². The van der Waals surface area contributed by atoms with Crippen molar-refractivity contribution >= 4 is 27.7 Å². The third-order valence-electron chi connectivity index (χ3n) is 1.96. The monoisotopic (exact) mass is 246 g/mol. The molecule has 0 spiro atoms. The topological polar surface area (TPSA) is 51.2 Å². The van der Waals surface area contributed by atoms with Gasteiger partial charge >= 0.3 is 0 Å². The van der Waals surface area contributed by atoms with Crippen molar-refractivity contribution in [3.05, 3.63) is 28.8 Å². The van der Waals surface area contributed by atoms with Gasteiger partial charge in [0.25, 0.3) is 0 Å². The van der Waals surface area contributed by atoms with Crippen molar-refractivity contribution in [1.82, 2.24) is 0 Å². The lowest BCUT2D eigenvalue weighted by Crippen LogP contribution is -2.02. The average molecular weight is 247 g/mol. The molecular formula is C10H11ClO3S. The number of hydrogen-bond acceptors (Lipinski definition) is 3. The van der Waals surface area contributed by atoms with Crippen LogP contribution in [0.25, 0.3) is 0 Å². The predicted molar refractivity (Wildman–Crippen MR) is 58.9 cm³/mol. The molecule has 0 aliphatic rings. The van der Waals surface area contributed by atoms with Crippen molar-refractivity contribution in [3.63, 3.8) is 0 Å². The molecule has 0 fully saturated rings. The van der Waals surface area contributed by atoms with Crippen LogP contribution in [0.2, 0.25) is 5.02 Å². The molecule has 0 heterocycles. The Morgan fingerprint density at radius 1 is 1.40 bits per heavy atom. The first kappa shape index (κ1) is 12.2. The Hall–Kier alpha value is -0.870. The molecule has 1 aromatic carbocycles. The number of rotatable bonds is 4. The SMILES string of the molecule is CS(=O)(=O)c1cc(Cl)ccc1CCC=O. The normalized spacial score (nSPS) is 11.3. The van der Waals surface area contributed by atoms with E-state index >= 15 is 0 Å². The molecule has 15 heavy (non-hydrogen) atoms. The fourth-order valence-electron chi connectivity index (χ4n) is 1.29. The summed E-state index contributed by atoms with van der Waals surface area (Å²) < 4.78 is 22.8. The number of carbonyl (C=O) groups excluding carboxylic acids is 1. The lowest BCUT2D eigenvalue weighted by Gasteiger charge is -2.06. The quantitative estimate of drug-likeness (QED) is 0.763. The first-order valence-electron chi connectivity index (χ1n) is 4.37. The van der Waals surface area contributed by atoms with Crippen molar-refractivity contribution in [2.24, 2.45) is 0 Å². The molecule has 0 radical (unpaired) electrons. The Bertz CT molecular complexity index is 466. The van der Waals surface area contributed by atoms with E-state index in [0.717, 1.165) is 12.5 Å². The van der Waals surface area contributed by atoms with Crippen LogP contribution >= 0.6 is 11.6 Å². The van der Waals surface area contributed by atoms with Gasteiger partial charge < -0.3 is 4.79 Å². The zero-order valence-corrected chi connectivity index (χ0v) is 9.81. The molecule has 0 saturated heterocycles. The maximum absolute atomic E-state index is 11.4. The van der Waals surface area contributed by atoms with Gasteiger partial charge in [-0.15, -0.1) is 0 Å². The van der Waals surface area contributed by atoms with Gasteiger partial charge in [0.1, 0.15) is 6.29 Å². The number of hydrogen-bond donors (Lipinski definition) is 0. The van der Waals surface area contributed by atoms with Crippen molar-refractivity contribution in [1.29, 1.82) is 0 Å². The van der Waals surface area contributed by atoms with Crippen molar-refractivity contribution in [3.8, 4) is 0 Å². The molecule has 82 valence electrons. The molecule has 1 aromatic rings. The minimum absolute atomic E-state index is 0.205. The van der Waals surface area contributed by atoms with E-state index in [4.69, 9.17) is 11.6 Å². The van der Waals surface area contributed by atoms with E-state index in [0.29, 0.717) is 23.4 Å². The van der Waals surface area contributed by atoms with Gasteiger partial charge in [-0.1, -0.05) is 17.7 Å². The molecule has 0 N–H and O–H groups in total. The summed E-state index contributed by atoms with van der Waals surface area (Å²) in [7, 11) is -3.29. The molecule has 5 heteroatoms. The number of benzene rings is 1. The molecule has 0 aliphatic carbocycles. The Balaban J connectivity index is 3.21. The second-order valence-electron chi connectivity index (χ2n) is 3.23. The highest BCUT2D eigenvalue weighted by Gasteiger charge is 2.13. The fraction of sp³-hybridized carbons (Fsp3) is 0.300. The van der Waals surface area contributed by atoms with Gasteiger partial charge in [-0.2, -0.15) is 0 Å². The van der Waals surface area contributed by atoms with E-state index in [-0.39, 0.29) is 4.90 Å². The standard InChI is InChI=1S/C10H11ClO3S/c1-15(13,14)10-7-9(11)5-4-8(10)3-2-6-12/h4-7H,2-3H2,1H3. The van der Waals surface area contributed by atoms with Gasteiger partial charge in [0.15, 0.2) is 9.84 Å². The number of aldehydes is 1. The van der Waals surface area contributed by atoms with Crippen LogP contribution in [0, 0.1) is 0 Å². The van der Waals surface area contributed by atoms with Crippen LogP contribution in [0.1, 0.15) is 12.0 Å². The highest BCUT2D eigenvalue weighted by molar-refractivity contribution is 7.90. The van der Waals surface area contributed by atoms with Crippen LogP contribution < -0.4 is 0 Å². The Labute approximate surface area is 94.0 Å². The first-order chi connectivity index (χ1) is 6.95. The van der Waals surface area contributed by atoms with Crippen LogP contribution in [0.3, 0.4) is 0 Å². The Morgan fingerprint density at radius 3 is 2.60 bits per heavy atom. The van der Waals surface area contributed by atoms with Crippen LogP contribution in [0.5, 0.6) is 0 Å². The third kappa shape index (κ3) is 3.32. The molecule has 0 atom stereocenters. The molecule has 1 rings (SSSR count). The Morgan fingerprint density at radius 2 is 2.07 bits per heavy atom. The van der Waals surface area contributed by atoms with E-state index in [1.165, 1.54) is 6.07 Å². The minimum atomic E-state index is -3.29. The summed E-state index contributed by atoms with van der Waals surface area (Å²) in [6.45, 7) is 0. The third-order valence-corrected chi connectivity index (χ3v) is 3.37. The molecule has 0 saturated carbocycles. The molecule has 0 unspecified atom stereocenters. The largest absolute Gasteiger partial charge is 0.303 e. The minimum Gasteiger partial charge on any atom is -0.303 e. The highest BCUT2D eigenvalue weighted by Crippen LogP contribution is 2.21. The number of sulfone groups is 1. The van der Waals surface area contributed by atoms with Crippen LogP contribution in [0.4, 0.5) is 0 Å². The summed E-state index contributed by atoms with van der Waals surface area (Å²) in [5, 5.41) is 0.380.